The second-order valence-electron chi connectivity index (χ2n) is 11.1. The molecular formula is C42H30. The third-order valence-corrected chi connectivity index (χ3v) is 8.81. The van der Waals surface area contributed by atoms with Crippen molar-refractivity contribution < 1.29 is 0 Å². The van der Waals surface area contributed by atoms with Gasteiger partial charge in [0.15, 0.2) is 0 Å². The highest BCUT2D eigenvalue weighted by Crippen LogP contribution is 2.58. The summed E-state index contributed by atoms with van der Waals surface area (Å²) in [6, 6.07) is 55.8. The van der Waals surface area contributed by atoms with Crippen LogP contribution in [0.1, 0.15) is 12.5 Å². The molecule has 0 saturated heterocycles. The molecule has 0 amide bonds. The number of hydrogen-bond acceptors (Lipinski definition) is 0. The fourth-order valence-corrected chi connectivity index (χ4v) is 6.82. The average Bonchev–Trinajstić information content (AvgIpc) is 3.41. The summed E-state index contributed by atoms with van der Waals surface area (Å²) in [6.07, 6.45) is 1.03. The van der Waals surface area contributed by atoms with E-state index in [1.54, 1.807) is 0 Å². The van der Waals surface area contributed by atoms with Gasteiger partial charge in [0.05, 0.1) is 0 Å². The van der Waals surface area contributed by atoms with Gasteiger partial charge in [-0.15, -0.1) is 0 Å². The molecule has 0 heterocycles. The molecule has 0 radical (unpaired) electrons. The van der Waals surface area contributed by atoms with E-state index in [0.29, 0.717) is 0 Å². The number of hydrogen-bond donors (Lipinski definition) is 0. The van der Waals surface area contributed by atoms with Crippen molar-refractivity contribution in [2.45, 2.75) is 13.3 Å². The predicted octanol–water partition coefficient (Wildman–Crippen LogP) is 11.7. The van der Waals surface area contributed by atoms with Gasteiger partial charge >= 0.3 is 0 Å². The van der Waals surface area contributed by atoms with Crippen molar-refractivity contribution in [1.82, 2.24) is 0 Å². The van der Waals surface area contributed by atoms with Gasteiger partial charge in [0.25, 0.3) is 0 Å². The average molecular weight is 535 g/mol. The fourth-order valence-electron chi connectivity index (χ4n) is 6.82. The van der Waals surface area contributed by atoms with Crippen LogP contribution in [-0.2, 0) is 6.42 Å². The first-order chi connectivity index (χ1) is 20.8. The van der Waals surface area contributed by atoms with Gasteiger partial charge in [0.2, 0.25) is 0 Å². The summed E-state index contributed by atoms with van der Waals surface area (Å²) in [6.45, 7) is 2.22. The topological polar surface area (TPSA) is 0 Å². The highest BCUT2D eigenvalue weighted by atomic mass is 14.3. The first-order valence-corrected chi connectivity index (χ1v) is 14.8. The second kappa shape index (κ2) is 10.0. The van der Waals surface area contributed by atoms with E-state index in [2.05, 4.69) is 159 Å². The molecule has 0 aliphatic heterocycles. The van der Waals surface area contributed by atoms with Crippen LogP contribution in [0.5, 0.6) is 0 Å². The third-order valence-electron chi connectivity index (χ3n) is 8.81. The first-order valence-electron chi connectivity index (χ1n) is 14.8. The monoisotopic (exact) mass is 534 g/mol. The van der Waals surface area contributed by atoms with Crippen LogP contribution in [0.2, 0.25) is 0 Å². The lowest BCUT2D eigenvalue weighted by molar-refractivity contribution is 1.14. The van der Waals surface area contributed by atoms with E-state index in [0.717, 1.165) is 6.42 Å². The molecule has 0 heteroatoms. The third kappa shape index (κ3) is 3.84. The van der Waals surface area contributed by atoms with Crippen LogP contribution in [0.3, 0.4) is 0 Å². The summed E-state index contributed by atoms with van der Waals surface area (Å²) < 4.78 is 0. The molecular weight excluding hydrogens is 504 g/mol. The van der Waals surface area contributed by atoms with Gasteiger partial charge < -0.3 is 0 Å². The number of fused-ring (bicyclic) bond motifs is 3. The summed E-state index contributed by atoms with van der Waals surface area (Å²) in [7, 11) is 0. The lowest BCUT2D eigenvalue weighted by Gasteiger charge is -2.21. The molecule has 0 N–H and O–H groups in total. The van der Waals surface area contributed by atoms with E-state index in [1.807, 2.05) is 0 Å². The minimum atomic E-state index is 1.03. The maximum Gasteiger partial charge on any atom is -0.000763 e. The molecule has 1 aliphatic rings. The predicted molar refractivity (Wildman–Crippen MR) is 179 cm³/mol. The minimum Gasteiger partial charge on any atom is -0.0622 e. The second-order valence-corrected chi connectivity index (χ2v) is 11.1. The standard InChI is InChI=1S/C42H30/c1-2-28-21-23-32(24-22-28)39-37(30-15-8-4-9-16-30)27-38(31-17-10-5-11-18-31)41-36-26-25-33(29-13-6-3-7-14-29)34-19-12-20-35(40(34)36)42(39)41/h3-27H,2H2,1H3. The Morgan fingerprint density at radius 3 is 1.48 bits per heavy atom. The summed E-state index contributed by atoms with van der Waals surface area (Å²) >= 11 is 0. The molecule has 8 rings (SSSR count). The van der Waals surface area contributed by atoms with Gasteiger partial charge in [0, 0.05) is 0 Å². The van der Waals surface area contributed by atoms with Crippen LogP contribution >= 0.6 is 0 Å². The largest absolute Gasteiger partial charge is 0.0622 e. The Kier molecular flexibility index (Phi) is 5.86. The van der Waals surface area contributed by atoms with Crippen LogP contribution < -0.4 is 0 Å². The van der Waals surface area contributed by atoms with Gasteiger partial charge in [-0.25, -0.2) is 0 Å². The van der Waals surface area contributed by atoms with E-state index < -0.39 is 0 Å². The summed E-state index contributed by atoms with van der Waals surface area (Å²) in [5.74, 6) is 0. The Labute approximate surface area is 247 Å². The Morgan fingerprint density at radius 2 is 0.881 bits per heavy atom. The van der Waals surface area contributed by atoms with Gasteiger partial charge in [0.1, 0.15) is 0 Å². The molecule has 198 valence electrons. The zero-order chi connectivity index (χ0) is 28.0. The van der Waals surface area contributed by atoms with E-state index in [1.165, 1.54) is 83.1 Å². The molecule has 0 unspecified atom stereocenters. The first kappa shape index (κ1) is 24.6. The number of rotatable bonds is 5. The molecule has 0 nitrogen and oxygen atoms in total. The molecule has 0 atom stereocenters. The van der Waals surface area contributed by atoms with Crippen LogP contribution in [0, 0.1) is 0 Å². The van der Waals surface area contributed by atoms with Crippen molar-refractivity contribution in [2.75, 3.05) is 0 Å². The summed E-state index contributed by atoms with van der Waals surface area (Å²) in [4.78, 5) is 0. The molecule has 0 bridgehead atoms. The molecule has 42 heavy (non-hydrogen) atoms. The van der Waals surface area contributed by atoms with Crippen molar-refractivity contribution in [1.29, 1.82) is 0 Å². The van der Waals surface area contributed by atoms with Crippen LogP contribution in [0.15, 0.2) is 152 Å². The van der Waals surface area contributed by atoms with Gasteiger partial charge in [-0.3, -0.25) is 0 Å². The molecule has 0 saturated carbocycles. The van der Waals surface area contributed by atoms with Crippen molar-refractivity contribution in [3.05, 3.63) is 157 Å². The van der Waals surface area contributed by atoms with Gasteiger partial charge in [-0.05, 0) is 95.6 Å². The smallest absolute Gasteiger partial charge is 0.000763 e. The summed E-state index contributed by atoms with van der Waals surface area (Å²) in [5.41, 5.74) is 16.8. The van der Waals surface area contributed by atoms with E-state index in [4.69, 9.17) is 0 Å². The quantitative estimate of drug-likeness (QED) is 0.206. The SMILES string of the molecule is CCc1ccc(-c2c(-c3ccccc3)cc(-c3ccccc3)c3c2-c2cccc4c(-c5ccccc5)ccc-3c24)cc1. The van der Waals surface area contributed by atoms with Crippen LogP contribution in [0.4, 0.5) is 0 Å². The molecule has 7 aromatic rings. The number of benzene rings is 7. The molecule has 0 spiro atoms. The van der Waals surface area contributed by atoms with Crippen molar-refractivity contribution >= 4 is 10.8 Å². The Morgan fingerprint density at radius 1 is 0.357 bits per heavy atom. The lowest BCUT2D eigenvalue weighted by atomic mass is 9.82. The normalized spacial score (nSPS) is 11.5. The molecule has 0 aromatic heterocycles. The van der Waals surface area contributed by atoms with Gasteiger partial charge in [-0.1, -0.05) is 153 Å². The number of aryl methyl sites for hydroxylation is 1. The van der Waals surface area contributed by atoms with E-state index in [-0.39, 0.29) is 0 Å². The molecule has 7 aromatic carbocycles. The van der Waals surface area contributed by atoms with Crippen LogP contribution in [-0.4, -0.2) is 0 Å². The van der Waals surface area contributed by atoms with Crippen LogP contribution in [0.25, 0.3) is 77.5 Å². The zero-order valence-corrected chi connectivity index (χ0v) is 23.6. The van der Waals surface area contributed by atoms with E-state index >= 15 is 0 Å². The minimum absolute atomic E-state index is 1.03. The van der Waals surface area contributed by atoms with Gasteiger partial charge in [-0.2, -0.15) is 0 Å². The zero-order valence-electron chi connectivity index (χ0n) is 23.6. The molecule has 1 aliphatic carbocycles. The maximum atomic E-state index is 2.44. The lowest BCUT2D eigenvalue weighted by Crippen LogP contribution is -1.94. The highest BCUT2D eigenvalue weighted by Gasteiger charge is 2.30. The fraction of sp³-hybridized carbons (Fsp3) is 0.0476. The van der Waals surface area contributed by atoms with E-state index in [9.17, 15) is 0 Å². The molecule has 0 fully saturated rings. The Bertz CT molecular complexity index is 2070. The maximum absolute atomic E-state index is 2.44. The van der Waals surface area contributed by atoms with Crippen molar-refractivity contribution in [2.24, 2.45) is 0 Å². The summed E-state index contributed by atoms with van der Waals surface area (Å²) in [5, 5.41) is 2.66. The highest BCUT2D eigenvalue weighted by molar-refractivity contribution is 6.24. The van der Waals surface area contributed by atoms with Crippen molar-refractivity contribution in [3.8, 4) is 66.8 Å². The Balaban J connectivity index is 1.53. The van der Waals surface area contributed by atoms with Crippen molar-refractivity contribution in [3.63, 3.8) is 0 Å². The Hall–Kier alpha value is -5.20.